The lowest BCUT2D eigenvalue weighted by molar-refractivity contribution is -0.991. The van der Waals surface area contributed by atoms with E-state index in [9.17, 15) is 10.0 Å². The Kier molecular flexibility index (Phi) is 5.52. The normalized spacial score (nSPS) is 11.7. The topological polar surface area (TPSA) is 86.1 Å². The van der Waals surface area contributed by atoms with Crippen LogP contribution >= 0.6 is 0 Å². The van der Waals surface area contributed by atoms with Crippen molar-refractivity contribution >= 4 is 22.8 Å². The van der Waals surface area contributed by atoms with E-state index in [-0.39, 0.29) is 11.5 Å². The summed E-state index contributed by atoms with van der Waals surface area (Å²) in [5, 5.41) is 22.2. The van der Waals surface area contributed by atoms with Crippen molar-refractivity contribution in [3.8, 4) is 16.9 Å². The predicted molar refractivity (Wildman–Crippen MR) is 104 cm³/mol. The fourth-order valence-electron chi connectivity index (χ4n) is 2.78. The summed E-state index contributed by atoms with van der Waals surface area (Å²) in [6.07, 6.45) is 0. The van der Waals surface area contributed by atoms with Crippen molar-refractivity contribution in [3.63, 3.8) is 0 Å². The first-order valence-corrected chi connectivity index (χ1v) is 8.37. The van der Waals surface area contributed by atoms with Crippen LogP contribution in [0, 0.1) is 5.21 Å². The van der Waals surface area contributed by atoms with Crippen molar-refractivity contribution in [3.05, 3.63) is 77.5 Å². The molecular weight excluding hydrogens is 344 g/mol. The van der Waals surface area contributed by atoms with E-state index in [0.717, 1.165) is 22.5 Å². The first-order valence-electron chi connectivity index (χ1n) is 8.37. The Morgan fingerprint density at radius 1 is 1.04 bits per heavy atom. The molecule has 3 rings (SSSR count). The fraction of sp³-hybridized carbons (Fsp3) is 0.0952. The fourth-order valence-corrected chi connectivity index (χ4v) is 2.78. The van der Waals surface area contributed by atoms with Crippen LogP contribution in [0.25, 0.3) is 11.1 Å². The van der Waals surface area contributed by atoms with Gasteiger partial charge >= 0.3 is 0 Å². The maximum absolute atomic E-state index is 11.7. The van der Waals surface area contributed by atoms with Crippen LogP contribution in [0.15, 0.2) is 66.7 Å². The van der Waals surface area contributed by atoms with Crippen LogP contribution in [0.1, 0.15) is 17.3 Å². The summed E-state index contributed by atoms with van der Waals surface area (Å²) in [5.74, 6) is 0.700. The van der Waals surface area contributed by atoms with Crippen molar-refractivity contribution in [1.82, 2.24) is 0 Å². The molecule has 1 unspecified atom stereocenters. The van der Waals surface area contributed by atoms with E-state index in [1.54, 1.807) is 37.4 Å². The molecule has 6 heteroatoms. The Bertz CT molecular complexity index is 953. The quantitative estimate of drug-likeness (QED) is 0.458. The van der Waals surface area contributed by atoms with Gasteiger partial charge in [-0.2, -0.15) is 5.23 Å². The summed E-state index contributed by atoms with van der Waals surface area (Å²) < 4.78 is 5.47. The SMILES string of the molecule is COc1ccc(Nc2ccc([NH+]([O-])O)cc2)cc1-c1cccc(C(C)=O)c1. The lowest BCUT2D eigenvalue weighted by Gasteiger charge is -2.14. The van der Waals surface area contributed by atoms with E-state index >= 15 is 0 Å². The van der Waals surface area contributed by atoms with E-state index in [0.29, 0.717) is 11.3 Å². The molecule has 0 aliphatic heterocycles. The number of quaternary nitrogens is 1. The molecule has 0 amide bonds. The van der Waals surface area contributed by atoms with Gasteiger partial charge in [-0.1, -0.05) is 18.2 Å². The van der Waals surface area contributed by atoms with Gasteiger partial charge in [-0.3, -0.25) is 4.79 Å². The third-order valence-electron chi connectivity index (χ3n) is 4.20. The Morgan fingerprint density at radius 3 is 2.37 bits per heavy atom. The molecule has 0 aromatic heterocycles. The van der Waals surface area contributed by atoms with Gasteiger partial charge in [0.15, 0.2) is 11.5 Å². The van der Waals surface area contributed by atoms with E-state index in [2.05, 4.69) is 5.32 Å². The van der Waals surface area contributed by atoms with Crippen LogP contribution in [0.3, 0.4) is 0 Å². The number of benzene rings is 3. The standard InChI is InChI=1S/C21H20N2O4/c1-14(24)15-4-3-5-16(12-15)20-13-18(8-11-21(20)27-2)22-17-6-9-19(10-7-17)23(25)26/h3-13,22-23,25H,1-2H3. The van der Waals surface area contributed by atoms with Gasteiger partial charge in [0.25, 0.3) is 0 Å². The van der Waals surface area contributed by atoms with E-state index in [1.165, 1.54) is 6.92 Å². The summed E-state index contributed by atoms with van der Waals surface area (Å²) in [5.41, 5.74) is 4.20. The van der Waals surface area contributed by atoms with Crippen LogP contribution in [0.2, 0.25) is 0 Å². The number of hydrogen-bond acceptors (Lipinski definition) is 5. The Labute approximate surface area is 157 Å². The number of nitrogens with one attached hydrogen (secondary N) is 2. The molecular formula is C21H20N2O4. The van der Waals surface area contributed by atoms with Gasteiger partial charge in [-0.05, 0) is 48.9 Å². The van der Waals surface area contributed by atoms with Crippen LogP contribution in [0.4, 0.5) is 17.1 Å². The molecule has 0 bridgehead atoms. The van der Waals surface area contributed by atoms with Crippen LogP contribution in [-0.4, -0.2) is 18.1 Å². The van der Waals surface area contributed by atoms with Crippen molar-refractivity contribution in [2.24, 2.45) is 0 Å². The second kappa shape index (κ2) is 8.01. The van der Waals surface area contributed by atoms with Crippen LogP contribution < -0.4 is 15.3 Å². The number of methoxy groups -OCH3 is 1. The minimum Gasteiger partial charge on any atom is -0.595 e. The summed E-state index contributed by atoms with van der Waals surface area (Å²) in [4.78, 5) is 11.7. The predicted octanol–water partition coefficient (Wildman–Crippen LogP) is 3.71. The molecule has 0 fully saturated rings. The molecule has 3 N–H and O–H groups in total. The van der Waals surface area contributed by atoms with Crippen LogP contribution in [-0.2, 0) is 0 Å². The van der Waals surface area contributed by atoms with Crippen molar-refractivity contribution < 1.29 is 20.0 Å². The van der Waals surface area contributed by atoms with Gasteiger partial charge in [-0.25, -0.2) is 5.21 Å². The lowest BCUT2D eigenvalue weighted by atomic mass is 10.00. The molecule has 27 heavy (non-hydrogen) atoms. The number of Topliss-reactive ketones (excluding diaryl/α,β-unsaturated/α-hetero) is 1. The van der Waals surface area contributed by atoms with E-state index in [4.69, 9.17) is 9.94 Å². The molecule has 3 aromatic carbocycles. The Morgan fingerprint density at radius 2 is 1.74 bits per heavy atom. The van der Waals surface area contributed by atoms with E-state index < -0.39 is 5.23 Å². The molecule has 3 aromatic rings. The third-order valence-corrected chi connectivity index (χ3v) is 4.20. The zero-order valence-corrected chi connectivity index (χ0v) is 15.0. The molecule has 6 nitrogen and oxygen atoms in total. The highest BCUT2D eigenvalue weighted by Gasteiger charge is 2.10. The van der Waals surface area contributed by atoms with Gasteiger partial charge in [0.2, 0.25) is 0 Å². The number of ether oxygens (including phenoxy) is 1. The number of carbonyl (C=O) groups is 1. The molecule has 1 atom stereocenters. The zero-order valence-electron chi connectivity index (χ0n) is 15.0. The Hall–Kier alpha value is -3.19. The molecule has 0 saturated heterocycles. The Balaban J connectivity index is 1.94. The third kappa shape index (κ3) is 4.32. The largest absolute Gasteiger partial charge is 0.595 e. The maximum Gasteiger partial charge on any atom is 0.163 e. The number of ketones is 1. The van der Waals surface area contributed by atoms with Crippen molar-refractivity contribution in [2.45, 2.75) is 6.92 Å². The van der Waals surface area contributed by atoms with Gasteiger partial charge < -0.3 is 15.3 Å². The highest BCUT2D eigenvalue weighted by Crippen LogP contribution is 2.34. The minimum atomic E-state index is -0.960. The molecule has 0 aliphatic carbocycles. The van der Waals surface area contributed by atoms with Gasteiger partial charge in [0.05, 0.1) is 7.11 Å². The molecule has 0 saturated carbocycles. The van der Waals surface area contributed by atoms with Gasteiger partial charge in [0, 0.05) is 34.6 Å². The minimum absolute atomic E-state index is 0.00335. The molecule has 0 aliphatic rings. The number of rotatable bonds is 6. The van der Waals surface area contributed by atoms with Crippen molar-refractivity contribution in [1.29, 1.82) is 0 Å². The van der Waals surface area contributed by atoms with Crippen molar-refractivity contribution in [2.75, 3.05) is 12.4 Å². The summed E-state index contributed by atoms with van der Waals surface area (Å²) >= 11 is 0. The average Bonchev–Trinajstić information content (AvgIpc) is 2.68. The lowest BCUT2D eigenvalue weighted by Crippen LogP contribution is -2.99. The monoisotopic (exact) mass is 364 g/mol. The maximum atomic E-state index is 11.7. The smallest absolute Gasteiger partial charge is 0.163 e. The molecule has 0 radical (unpaired) electrons. The highest BCUT2D eigenvalue weighted by atomic mass is 16.8. The first-order chi connectivity index (χ1) is 13.0. The summed E-state index contributed by atoms with van der Waals surface area (Å²) in [6.45, 7) is 1.54. The zero-order chi connectivity index (χ0) is 19.4. The van der Waals surface area contributed by atoms with Gasteiger partial charge in [-0.15, -0.1) is 0 Å². The molecule has 0 heterocycles. The number of anilines is 2. The average molecular weight is 364 g/mol. The van der Waals surface area contributed by atoms with Crippen LogP contribution in [0.5, 0.6) is 5.75 Å². The highest BCUT2D eigenvalue weighted by molar-refractivity contribution is 5.95. The summed E-state index contributed by atoms with van der Waals surface area (Å²) in [6, 6.07) is 19.6. The first kappa shape index (κ1) is 18.6. The second-order valence-electron chi connectivity index (χ2n) is 6.06. The number of carbonyl (C=O) groups excluding carboxylic acids is 1. The second-order valence-corrected chi connectivity index (χ2v) is 6.06. The van der Waals surface area contributed by atoms with E-state index in [1.807, 2.05) is 36.4 Å². The number of hydrogen-bond donors (Lipinski definition) is 3. The summed E-state index contributed by atoms with van der Waals surface area (Å²) in [7, 11) is 1.60. The molecule has 138 valence electrons. The molecule has 0 spiro atoms. The van der Waals surface area contributed by atoms with Gasteiger partial charge in [0.1, 0.15) is 5.75 Å².